The first-order valence-electron chi connectivity index (χ1n) is 5.52. The Balaban J connectivity index is 2.64. The van der Waals surface area contributed by atoms with Crippen molar-refractivity contribution < 1.29 is 9.90 Å². The molecule has 0 aromatic heterocycles. The van der Waals surface area contributed by atoms with E-state index in [1.807, 2.05) is 39.0 Å². The van der Waals surface area contributed by atoms with Crippen molar-refractivity contribution >= 4 is 23.3 Å². The lowest BCUT2D eigenvalue weighted by Crippen LogP contribution is -2.26. The number of carboxylic acid groups (broad SMARTS) is 1. The Morgan fingerprint density at radius 3 is 2.65 bits per heavy atom. The summed E-state index contributed by atoms with van der Waals surface area (Å²) in [6.45, 7) is 6.44. The predicted octanol–water partition coefficient (Wildman–Crippen LogP) is 3.56. The summed E-state index contributed by atoms with van der Waals surface area (Å²) in [6.07, 6.45) is 0.145. The van der Waals surface area contributed by atoms with Crippen molar-refractivity contribution in [3.8, 4) is 0 Å². The standard InChI is InChI=1S/C13H18ClNO2/c1-9-6-10(14)4-5-11(9)15-8-13(2,3)7-12(16)17/h4-6,15H,7-8H2,1-3H3,(H,16,17). The van der Waals surface area contributed by atoms with Gasteiger partial charge in [0.25, 0.3) is 0 Å². The highest BCUT2D eigenvalue weighted by atomic mass is 35.5. The Bertz CT molecular complexity index is 416. The molecular formula is C13H18ClNO2. The molecule has 0 saturated carbocycles. The summed E-state index contributed by atoms with van der Waals surface area (Å²) in [7, 11) is 0. The van der Waals surface area contributed by atoms with Gasteiger partial charge in [-0.25, -0.2) is 0 Å². The van der Waals surface area contributed by atoms with Gasteiger partial charge in [0.05, 0.1) is 6.42 Å². The summed E-state index contributed by atoms with van der Waals surface area (Å²) < 4.78 is 0. The number of carbonyl (C=O) groups is 1. The van der Waals surface area contributed by atoms with Crippen LogP contribution >= 0.6 is 11.6 Å². The van der Waals surface area contributed by atoms with Gasteiger partial charge in [-0.3, -0.25) is 4.79 Å². The highest BCUT2D eigenvalue weighted by Gasteiger charge is 2.21. The molecule has 0 unspecified atom stereocenters. The van der Waals surface area contributed by atoms with Crippen molar-refractivity contribution in [1.82, 2.24) is 0 Å². The molecule has 0 atom stereocenters. The molecule has 0 bridgehead atoms. The van der Waals surface area contributed by atoms with Crippen LogP contribution in [0.25, 0.3) is 0 Å². The first-order valence-corrected chi connectivity index (χ1v) is 5.90. The number of anilines is 1. The SMILES string of the molecule is Cc1cc(Cl)ccc1NCC(C)(C)CC(=O)O. The molecule has 0 spiro atoms. The second-order valence-corrected chi connectivity index (χ2v) is 5.48. The lowest BCUT2D eigenvalue weighted by Gasteiger charge is -2.24. The molecule has 0 amide bonds. The topological polar surface area (TPSA) is 49.3 Å². The molecule has 4 heteroatoms. The highest BCUT2D eigenvalue weighted by molar-refractivity contribution is 6.30. The fourth-order valence-corrected chi connectivity index (χ4v) is 1.86. The van der Waals surface area contributed by atoms with Crippen LogP contribution in [0.2, 0.25) is 5.02 Å². The molecule has 0 aliphatic heterocycles. The van der Waals surface area contributed by atoms with E-state index in [0.29, 0.717) is 11.6 Å². The van der Waals surface area contributed by atoms with Crippen LogP contribution in [-0.2, 0) is 4.79 Å². The lowest BCUT2D eigenvalue weighted by atomic mass is 9.89. The van der Waals surface area contributed by atoms with Crippen LogP contribution in [0.15, 0.2) is 18.2 Å². The molecule has 2 N–H and O–H groups in total. The van der Waals surface area contributed by atoms with Gasteiger partial charge in [-0.2, -0.15) is 0 Å². The number of nitrogens with one attached hydrogen (secondary N) is 1. The van der Waals surface area contributed by atoms with Crippen LogP contribution in [-0.4, -0.2) is 17.6 Å². The van der Waals surface area contributed by atoms with Gasteiger partial charge in [-0.15, -0.1) is 0 Å². The van der Waals surface area contributed by atoms with Crippen LogP contribution in [0.3, 0.4) is 0 Å². The molecule has 1 rings (SSSR count). The van der Waals surface area contributed by atoms with Crippen molar-refractivity contribution in [2.45, 2.75) is 27.2 Å². The Morgan fingerprint density at radius 2 is 2.12 bits per heavy atom. The van der Waals surface area contributed by atoms with Gasteiger partial charge in [0.2, 0.25) is 0 Å². The van der Waals surface area contributed by atoms with Gasteiger partial charge in [0, 0.05) is 17.3 Å². The van der Waals surface area contributed by atoms with Crippen LogP contribution in [0, 0.1) is 12.3 Å². The zero-order chi connectivity index (χ0) is 13.1. The van der Waals surface area contributed by atoms with E-state index in [2.05, 4.69) is 5.32 Å². The molecule has 0 fully saturated rings. The number of benzene rings is 1. The molecule has 3 nitrogen and oxygen atoms in total. The number of aryl methyl sites for hydroxylation is 1. The first kappa shape index (κ1) is 13.8. The molecule has 0 radical (unpaired) electrons. The quantitative estimate of drug-likeness (QED) is 0.846. The summed E-state index contributed by atoms with van der Waals surface area (Å²) in [5.41, 5.74) is 1.77. The third kappa shape index (κ3) is 4.65. The summed E-state index contributed by atoms with van der Waals surface area (Å²) >= 11 is 5.87. The zero-order valence-electron chi connectivity index (χ0n) is 10.4. The fraction of sp³-hybridized carbons (Fsp3) is 0.462. The van der Waals surface area contributed by atoms with Crippen LogP contribution in [0.1, 0.15) is 25.8 Å². The van der Waals surface area contributed by atoms with E-state index in [0.717, 1.165) is 11.3 Å². The maximum Gasteiger partial charge on any atom is 0.303 e. The molecule has 1 aromatic rings. The number of rotatable bonds is 5. The molecule has 94 valence electrons. The van der Waals surface area contributed by atoms with Gasteiger partial charge >= 0.3 is 5.97 Å². The fourth-order valence-electron chi connectivity index (χ4n) is 1.63. The van der Waals surface area contributed by atoms with Crippen LogP contribution in [0.5, 0.6) is 0 Å². The van der Waals surface area contributed by atoms with Gasteiger partial charge < -0.3 is 10.4 Å². The number of aliphatic carboxylic acids is 1. The second-order valence-electron chi connectivity index (χ2n) is 5.05. The predicted molar refractivity (Wildman–Crippen MR) is 70.7 cm³/mol. The largest absolute Gasteiger partial charge is 0.481 e. The summed E-state index contributed by atoms with van der Waals surface area (Å²) in [5, 5.41) is 12.8. The van der Waals surface area contributed by atoms with E-state index >= 15 is 0 Å². The summed E-state index contributed by atoms with van der Waals surface area (Å²) in [6, 6.07) is 5.61. The summed E-state index contributed by atoms with van der Waals surface area (Å²) in [5.74, 6) is -0.773. The maximum absolute atomic E-state index is 10.7. The monoisotopic (exact) mass is 255 g/mol. The smallest absolute Gasteiger partial charge is 0.303 e. The van der Waals surface area contributed by atoms with E-state index in [1.165, 1.54) is 0 Å². The minimum Gasteiger partial charge on any atom is -0.481 e. The van der Waals surface area contributed by atoms with Crippen molar-refractivity contribution in [3.63, 3.8) is 0 Å². The number of hydrogen-bond donors (Lipinski definition) is 2. The lowest BCUT2D eigenvalue weighted by molar-refractivity contribution is -0.139. The Labute approximate surface area is 107 Å². The van der Waals surface area contributed by atoms with Crippen molar-refractivity contribution in [1.29, 1.82) is 0 Å². The number of halogens is 1. The Hall–Kier alpha value is -1.22. The minimum atomic E-state index is -0.773. The highest BCUT2D eigenvalue weighted by Crippen LogP contribution is 2.24. The second kappa shape index (κ2) is 5.41. The first-order chi connectivity index (χ1) is 7.80. The summed E-state index contributed by atoms with van der Waals surface area (Å²) in [4.78, 5) is 10.7. The van der Waals surface area contributed by atoms with E-state index in [1.54, 1.807) is 0 Å². The van der Waals surface area contributed by atoms with E-state index in [4.69, 9.17) is 16.7 Å². The van der Waals surface area contributed by atoms with Crippen LogP contribution < -0.4 is 5.32 Å². The molecule has 17 heavy (non-hydrogen) atoms. The average Bonchev–Trinajstić information content (AvgIpc) is 2.14. The van der Waals surface area contributed by atoms with Crippen molar-refractivity contribution in [2.24, 2.45) is 5.41 Å². The third-order valence-corrected chi connectivity index (χ3v) is 2.81. The minimum absolute atomic E-state index is 0.145. The molecule has 0 heterocycles. The maximum atomic E-state index is 10.7. The van der Waals surface area contributed by atoms with E-state index in [9.17, 15) is 4.79 Å². The average molecular weight is 256 g/mol. The molecule has 0 aliphatic carbocycles. The van der Waals surface area contributed by atoms with Gasteiger partial charge in [-0.05, 0) is 36.1 Å². The van der Waals surface area contributed by atoms with Crippen LogP contribution in [0.4, 0.5) is 5.69 Å². The molecular weight excluding hydrogens is 238 g/mol. The van der Waals surface area contributed by atoms with Gasteiger partial charge in [-0.1, -0.05) is 25.4 Å². The number of carboxylic acids is 1. The zero-order valence-corrected chi connectivity index (χ0v) is 11.1. The third-order valence-electron chi connectivity index (χ3n) is 2.58. The van der Waals surface area contributed by atoms with E-state index < -0.39 is 5.97 Å². The van der Waals surface area contributed by atoms with Crippen molar-refractivity contribution in [3.05, 3.63) is 28.8 Å². The van der Waals surface area contributed by atoms with E-state index in [-0.39, 0.29) is 11.8 Å². The Kier molecular flexibility index (Phi) is 4.40. The van der Waals surface area contributed by atoms with Gasteiger partial charge in [0.15, 0.2) is 0 Å². The van der Waals surface area contributed by atoms with Crippen molar-refractivity contribution in [2.75, 3.05) is 11.9 Å². The number of hydrogen-bond acceptors (Lipinski definition) is 2. The molecule has 0 aliphatic rings. The Morgan fingerprint density at radius 1 is 1.47 bits per heavy atom. The normalized spacial score (nSPS) is 11.3. The van der Waals surface area contributed by atoms with Gasteiger partial charge in [0.1, 0.15) is 0 Å². The molecule has 1 aromatic carbocycles. The molecule has 0 saturated heterocycles.